The Morgan fingerprint density at radius 3 is 2.44 bits per heavy atom. The SMILES string of the molecule is [2H]C([2H])c1cnc(-c2ccc(C([2H])([2H])[2H])c(-c3ccccc3)c2)cc1C([2H])([2H])C(C)(C)C. The Labute approximate surface area is 161 Å². The van der Waals surface area contributed by atoms with Crippen molar-refractivity contribution in [3.05, 3.63) is 77.5 Å². The zero-order valence-electron chi connectivity index (χ0n) is 21.8. The number of hydrogen-bond acceptors (Lipinski definition) is 1. The number of aryl methyl sites for hydroxylation is 2. The molecule has 0 unspecified atom stereocenters. The van der Waals surface area contributed by atoms with Gasteiger partial charge in [-0.2, -0.15) is 0 Å². The van der Waals surface area contributed by atoms with Crippen LogP contribution in [0.2, 0.25) is 0 Å². The third kappa shape index (κ3) is 4.17. The van der Waals surface area contributed by atoms with E-state index in [1.807, 2.05) is 30.3 Å². The standard InChI is InChI=1S/C24H27N/c1-17-11-12-20(13-22(17)19-9-7-6-8-10-19)23-14-21(15-24(3,4)5)18(2)16-25-23/h6-14,16H,15H2,1-5H3/i1D3,2D2,15D2. The van der Waals surface area contributed by atoms with Crippen LogP contribution in [0, 0.1) is 19.1 Å². The van der Waals surface area contributed by atoms with Gasteiger partial charge in [0.05, 0.1) is 5.69 Å². The molecule has 1 heterocycles. The van der Waals surface area contributed by atoms with E-state index in [2.05, 4.69) is 4.98 Å². The van der Waals surface area contributed by atoms with E-state index < -0.39 is 25.5 Å². The van der Waals surface area contributed by atoms with Gasteiger partial charge in [0.2, 0.25) is 0 Å². The van der Waals surface area contributed by atoms with Crippen LogP contribution in [0.1, 0.15) is 47.1 Å². The number of hydrogen-bond donors (Lipinski definition) is 0. The lowest BCUT2D eigenvalue weighted by molar-refractivity contribution is 0.410. The summed E-state index contributed by atoms with van der Waals surface area (Å²) in [5.41, 5.74) is 2.37. The molecule has 0 aliphatic heterocycles. The third-order valence-electron chi connectivity index (χ3n) is 3.84. The fourth-order valence-electron chi connectivity index (χ4n) is 2.70. The van der Waals surface area contributed by atoms with E-state index in [4.69, 9.17) is 9.60 Å². The lowest BCUT2D eigenvalue weighted by atomic mass is 9.86. The molecule has 0 bridgehead atoms. The highest BCUT2D eigenvalue weighted by Crippen LogP contribution is 2.30. The maximum absolute atomic E-state index is 8.70. The van der Waals surface area contributed by atoms with Gasteiger partial charge in [-0.1, -0.05) is 63.2 Å². The van der Waals surface area contributed by atoms with E-state index >= 15 is 0 Å². The zero-order valence-corrected chi connectivity index (χ0v) is 14.8. The summed E-state index contributed by atoms with van der Waals surface area (Å²) in [4.78, 5) is 4.41. The summed E-state index contributed by atoms with van der Waals surface area (Å²) >= 11 is 0. The first-order chi connectivity index (χ1) is 14.7. The first-order valence-corrected chi connectivity index (χ1v) is 8.29. The minimum Gasteiger partial charge on any atom is -0.256 e. The van der Waals surface area contributed by atoms with Crippen LogP contribution in [0.25, 0.3) is 22.4 Å². The summed E-state index contributed by atoms with van der Waals surface area (Å²) in [6.07, 6.45) is -0.417. The largest absolute Gasteiger partial charge is 0.256 e. The molecule has 1 heteroatoms. The maximum atomic E-state index is 8.70. The fourth-order valence-corrected chi connectivity index (χ4v) is 2.70. The summed E-state index contributed by atoms with van der Waals surface area (Å²) in [5, 5.41) is 0. The highest BCUT2D eigenvalue weighted by molar-refractivity contribution is 5.74. The summed E-state index contributed by atoms with van der Waals surface area (Å²) in [6.45, 7) is 1.66. The number of rotatable bonds is 3. The highest BCUT2D eigenvalue weighted by Gasteiger charge is 2.14. The van der Waals surface area contributed by atoms with E-state index in [1.54, 1.807) is 45.0 Å². The van der Waals surface area contributed by atoms with E-state index in [0.29, 0.717) is 16.8 Å². The van der Waals surface area contributed by atoms with Gasteiger partial charge >= 0.3 is 0 Å². The minimum atomic E-state index is -2.29. The van der Waals surface area contributed by atoms with Crippen LogP contribution in [0.5, 0.6) is 0 Å². The van der Waals surface area contributed by atoms with Crippen LogP contribution in [0.3, 0.4) is 0 Å². The number of pyridine rings is 1. The van der Waals surface area contributed by atoms with Crippen LogP contribution in [-0.4, -0.2) is 4.98 Å². The Morgan fingerprint density at radius 2 is 1.76 bits per heavy atom. The van der Waals surface area contributed by atoms with E-state index in [0.717, 1.165) is 5.56 Å². The Bertz CT molecular complexity index is 1100. The van der Waals surface area contributed by atoms with Crippen molar-refractivity contribution in [3.8, 4) is 22.4 Å². The Hall–Kier alpha value is -2.41. The highest BCUT2D eigenvalue weighted by atomic mass is 14.7. The normalized spacial score (nSPS) is 16.9. The molecule has 0 amide bonds. The van der Waals surface area contributed by atoms with Crippen molar-refractivity contribution in [1.82, 2.24) is 4.98 Å². The van der Waals surface area contributed by atoms with Crippen LogP contribution in [0.4, 0.5) is 0 Å². The quantitative estimate of drug-likeness (QED) is 0.523. The van der Waals surface area contributed by atoms with Crippen LogP contribution in [-0.2, 0) is 6.37 Å². The Balaban J connectivity index is 2.24. The van der Waals surface area contributed by atoms with E-state index in [-0.39, 0.29) is 16.7 Å². The molecule has 128 valence electrons. The third-order valence-corrected chi connectivity index (χ3v) is 3.84. The molecule has 2 aromatic carbocycles. The smallest absolute Gasteiger partial charge is 0.0705 e. The predicted octanol–water partition coefficient (Wildman–Crippen LogP) is 6.62. The molecule has 0 saturated carbocycles. The molecule has 0 N–H and O–H groups in total. The summed E-state index contributed by atoms with van der Waals surface area (Å²) in [5.74, 6) is 0. The van der Waals surface area contributed by atoms with Gasteiger partial charge in [-0.05, 0) is 65.5 Å². The molecule has 0 aliphatic rings. The molecule has 0 radical (unpaired) electrons. The van der Waals surface area contributed by atoms with Crippen molar-refractivity contribution in [2.45, 2.75) is 40.9 Å². The molecule has 3 rings (SSSR count). The maximum Gasteiger partial charge on any atom is 0.0705 e. The van der Waals surface area contributed by atoms with Crippen molar-refractivity contribution in [2.24, 2.45) is 5.41 Å². The van der Waals surface area contributed by atoms with Crippen molar-refractivity contribution in [1.29, 1.82) is 0 Å². The van der Waals surface area contributed by atoms with E-state index in [9.17, 15) is 0 Å². The van der Waals surface area contributed by atoms with E-state index in [1.165, 1.54) is 6.20 Å². The Morgan fingerprint density at radius 1 is 0.960 bits per heavy atom. The number of aromatic nitrogens is 1. The molecule has 3 aromatic rings. The number of benzene rings is 2. The zero-order chi connectivity index (χ0) is 23.9. The van der Waals surface area contributed by atoms with Gasteiger partial charge in [-0.15, -0.1) is 0 Å². The molecule has 0 spiro atoms. The molecule has 0 saturated heterocycles. The topological polar surface area (TPSA) is 12.9 Å². The van der Waals surface area contributed by atoms with Crippen LogP contribution < -0.4 is 0 Å². The van der Waals surface area contributed by atoms with Gasteiger partial charge in [-0.25, -0.2) is 0 Å². The molecular formula is C24H27N. The van der Waals surface area contributed by atoms with Crippen molar-refractivity contribution in [3.63, 3.8) is 0 Å². The molecule has 0 aliphatic carbocycles. The van der Waals surface area contributed by atoms with Gasteiger partial charge < -0.3 is 0 Å². The molecule has 1 aromatic heterocycles. The fraction of sp³-hybridized carbons (Fsp3) is 0.292. The van der Waals surface area contributed by atoms with Gasteiger partial charge in [0.15, 0.2) is 0 Å². The molecule has 25 heavy (non-hydrogen) atoms. The molecule has 0 fully saturated rings. The Kier molecular flexibility index (Phi) is 2.89. The summed E-state index contributed by atoms with van der Waals surface area (Å²) in [6, 6.07) is 15.8. The second-order valence-corrected chi connectivity index (χ2v) is 7.16. The average molecular weight is 337 g/mol. The van der Waals surface area contributed by atoms with Gasteiger partial charge in [0.25, 0.3) is 0 Å². The molecule has 0 atom stereocenters. The summed E-state index contributed by atoms with van der Waals surface area (Å²) in [7, 11) is 0. The first-order valence-electron chi connectivity index (χ1n) is 11.9. The van der Waals surface area contributed by atoms with Crippen LogP contribution >= 0.6 is 0 Å². The van der Waals surface area contributed by atoms with Gasteiger partial charge in [-0.3, -0.25) is 4.98 Å². The summed E-state index contributed by atoms with van der Waals surface area (Å²) < 4.78 is 56.9. The van der Waals surface area contributed by atoms with Crippen molar-refractivity contribution in [2.75, 3.05) is 0 Å². The lowest BCUT2D eigenvalue weighted by Crippen LogP contribution is -2.10. The second kappa shape index (κ2) is 6.84. The second-order valence-electron chi connectivity index (χ2n) is 7.16. The molecule has 1 nitrogen and oxygen atoms in total. The van der Waals surface area contributed by atoms with Crippen molar-refractivity contribution >= 4 is 0 Å². The average Bonchev–Trinajstić information content (AvgIpc) is 2.72. The van der Waals surface area contributed by atoms with Gasteiger partial charge in [0.1, 0.15) is 0 Å². The van der Waals surface area contributed by atoms with Gasteiger partial charge in [0, 0.05) is 21.4 Å². The van der Waals surface area contributed by atoms with Crippen molar-refractivity contribution < 1.29 is 9.60 Å². The lowest BCUT2D eigenvalue weighted by Gasteiger charge is -2.20. The molecular weight excluding hydrogens is 302 g/mol. The first kappa shape index (κ1) is 10.6. The number of nitrogens with zero attached hydrogens (tertiary/aromatic N) is 1. The van der Waals surface area contributed by atoms with Crippen LogP contribution in [0.15, 0.2) is 60.8 Å². The predicted molar refractivity (Wildman–Crippen MR) is 108 cm³/mol. The monoisotopic (exact) mass is 336 g/mol. The minimum absolute atomic E-state index is 0.219.